The minimum atomic E-state index is -1.02. The molecule has 0 saturated carbocycles. The second-order valence-electron chi connectivity index (χ2n) is 3.48. The van der Waals surface area contributed by atoms with Gasteiger partial charge in [-0.2, -0.15) is 0 Å². The van der Waals surface area contributed by atoms with Gasteiger partial charge in [0.15, 0.2) is 0 Å². The van der Waals surface area contributed by atoms with Crippen molar-refractivity contribution >= 4 is 51.5 Å². The molecular formula is C12H8ClIN2O2. The van der Waals surface area contributed by atoms with Crippen molar-refractivity contribution in [3.05, 3.63) is 50.8 Å². The second-order valence-corrected chi connectivity index (χ2v) is 5.07. The number of benzene rings is 1. The number of aromatic nitrogens is 1. The average molecular weight is 375 g/mol. The molecule has 0 spiro atoms. The number of pyridine rings is 1. The van der Waals surface area contributed by atoms with Gasteiger partial charge in [-0.15, -0.1) is 0 Å². The highest BCUT2D eigenvalue weighted by Crippen LogP contribution is 2.26. The molecule has 1 aromatic heterocycles. The van der Waals surface area contributed by atoms with Gasteiger partial charge in [-0.3, -0.25) is 4.98 Å². The van der Waals surface area contributed by atoms with E-state index in [9.17, 15) is 4.79 Å². The predicted octanol–water partition coefficient (Wildman–Crippen LogP) is 3.78. The van der Waals surface area contributed by atoms with Crippen molar-refractivity contribution in [2.45, 2.75) is 0 Å². The van der Waals surface area contributed by atoms with E-state index in [-0.39, 0.29) is 5.56 Å². The topological polar surface area (TPSA) is 62.2 Å². The smallest absolute Gasteiger partial charge is 0.339 e. The average Bonchev–Trinajstić information content (AvgIpc) is 2.33. The molecule has 6 heteroatoms. The number of halogens is 2. The van der Waals surface area contributed by atoms with Crippen LogP contribution in [0.2, 0.25) is 5.02 Å². The normalized spacial score (nSPS) is 10.1. The van der Waals surface area contributed by atoms with Crippen LogP contribution in [0.15, 0.2) is 36.7 Å². The van der Waals surface area contributed by atoms with Crippen LogP contribution in [0.5, 0.6) is 0 Å². The maximum atomic E-state index is 11.0. The third kappa shape index (κ3) is 2.91. The first-order valence-corrected chi connectivity index (χ1v) is 6.43. The highest BCUT2D eigenvalue weighted by molar-refractivity contribution is 14.1. The molecule has 2 N–H and O–H groups in total. The van der Waals surface area contributed by atoms with Crippen molar-refractivity contribution in [3.63, 3.8) is 0 Å². The van der Waals surface area contributed by atoms with Gasteiger partial charge in [0, 0.05) is 21.0 Å². The van der Waals surface area contributed by atoms with Gasteiger partial charge in [0.1, 0.15) is 5.56 Å². The van der Waals surface area contributed by atoms with Gasteiger partial charge < -0.3 is 10.4 Å². The molecule has 0 bridgehead atoms. The van der Waals surface area contributed by atoms with Gasteiger partial charge in [-0.1, -0.05) is 11.6 Å². The van der Waals surface area contributed by atoms with E-state index < -0.39 is 5.97 Å². The molecule has 92 valence electrons. The lowest BCUT2D eigenvalue weighted by Gasteiger charge is -2.10. The summed E-state index contributed by atoms with van der Waals surface area (Å²) in [5.41, 5.74) is 1.43. The lowest BCUT2D eigenvalue weighted by atomic mass is 10.2. The zero-order valence-corrected chi connectivity index (χ0v) is 11.9. The number of carboxylic acids is 1. The van der Waals surface area contributed by atoms with Gasteiger partial charge in [0.05, 0.1) is 11.4 Å². The van der Waals surface area contributed by atoms with Crippen LogP contribution in [0.25, 0.3) is 0 Å². The fourth-order valence-electron chi connectivity index (χ4n) is 1.41. The first-order chi connectivity index (χ1) is 8.58. The fourth-order valence-corrected chi connectivity index (χ4v) is 2.42. The predicted molar refractivity (Wildman–Crippen MR) is 78.6 cm³/mol. The zero-order valence-electron chi connectivity index (χ0n) is 9.02. The quantitative estimate of drug-likeness (QED) is 0.803. The SMILES string of the molecule is O=C(O)c1cnccc1Nc1ccc(Cl)cc1I. The summed E-state index contributed by atoms with van der Waals surface area (Å²) in [4.78, 5) is 14.8. The number of hydrogen-bond donors (Lipinski definition) is 2. The molecule has 0 atom stereocenters. The number of rotatable bonds is 3. The first-order valence-electron chi connectivity index (χ1n) is 4.97. The summed E-state index contributed by atoms with van der Waals surface area (Å²) >= 11 is 8.00. The minimum Gasteiger partial charge on any atom is -0.478 e. The molecule has 0 radical (unpaired) electrons. The van der Waals surface area contributed by atoms with Gasteiger partial charge in [0.25, 0.3) is 0 Å². The maximum absolute atomic E-state index is 11.0. The van der Waals surface area contributed by atoms with Crippen molar-refractivity contribution in [1.82, 2.24) is 4.98 Å². The van der Waals surface area contributed by atoms with Crippen LogP contribution in [-0.2, 0) is 0 Å². The first kappa shape index (κ1) is 13.1. The van der Waals surface area contributed by atoms with Gasteiger partial charge in [-0.25, -0.2) is 4.79 Å². The molecule has 0 fully saturated rings. The van der Waals surface area contributed by atoms with Crippen LogP contribution in [0, 0.1) is 3.57 Å². The van der Waals surface area contributed by atoms with E-state index in [2.05, 4.69) is 32.9 Å². The van der Waals surface area contributed by atoms with Crippen molar-refractivity contribution in [1.29, 1.82) is 0 Å². The monoisotopic (exact) mass is 374 g/mol. The third-order valence-electron chi connectivity index (χ3n) is 2.25. The molecule has 0 saturated heterocycles. The summed E-state index contributed by atoms with van der Waals surface area (Å²) in [5, 5.41) is 12.8. The van der Waals surface area contributed by atoms with Gasteiger partial charge in [-0.05, 0) is 46.9 Å². The van der Waals surface area contributed by atoms with Crippen molar-refractivity contribution in [3.8, 4) is 0 Å². The fraction of sp³-hybridized carbons (Fsp3) is 0. The highest BCUT2D eigenvalue weighted by Gasteiger charge is 2.10. The number of nitrogens with zero attached hydrogens (tertiary/aromatic N) is 1. The standard InChI is InChI=1S/C12H8ClIN2O2/c13-7-1-2-11(9(14)5-7)16-10-3-4-15-6-8(10)12(17)18/h1-6H,(H,15,16)(H,17,18). The Morgan fingerprint density at radius 1 is 1.33 bits per heavy atom. The Balaban J connectivity index is 2.37. The molecule has 0 aliphatic heterocycles. The number of carbonyl (C=O) groups is 1. The molecule has 1 heterocycles. The summed E-state index contributed by atoms with van der Waals surface area (Å²) in [6.07, 6.45) is 2.85. The lowest BCUT2D eigenvalue weighted by molar-refractivity contribution is 0.0697. The Bertz CT molecular complexity index is 604. The molecular weight excluding hydrogens is 367 g/mol. The van der Waals surface area contributed by atoms with E-state index in [0.717, 1.165) is 9.26 Å². The maximum Gasteiger partial charge on any atom is 0.339 e. The van der Waals surface area contributed by atoms with E-state index in [1.807, 2.05) is 0 Å². The summed E-state index contributed by atoms with van der Waals surface area (Å²) in [7, 11) is 0. The molecule has 0 aliphatic carbocycles. The highest BCUT2D eigenvalue weighted by atomic mass is 127. The molecule has 2 aromatic rings. The van der Waals surface area contributed by atoms with Crippen LogP contribution in [0.4, 0.5) is 11.4 Å². The molecule has 1 aromatic carbocycles. The molecule has 0 unspecified atom stereocenters. The van der Waals surface area contributed by atoms with E-state index >= 15 is 0 Å². The van der Waals surface area contributed by atoms with Crippen LogP contribution in [0.3, 0.4) is 0 Å². The number of nitrogens with one attached hydrogen (secondary N) is 1. The summed E-state index contributed by atoms with van der Waals surface area (Å²) in [6.45, 7) is 0. The molecule has 2 rings (SSSR count). The van der Waals surface area contributed by atoms with E-state index in [0.29, 0.717) is 10.7 Å². The minimum absolute atomic E-state index is 0.128. The van der Waals surface area contributed by atoms with Crippen LogP contribution in [0.1, 0.15) is 10.4 Å². The Morgan fingerprint density at radius 2 is 2.11 bits per heavy atom. The van der Waals surface area contributed by atoms with E-state index in [1.54, 1.807) is 24.3 Å². The Labute approximate surface area is 122 Å². The second kappa shape index (κ2) is 5.53. The number of hydrogen-bond acceptors (Lipinski definition) is 3. The van der Waals surface area contributed by atoms with Crippen molar-refractivity contribution in [2.24, 2.45) is 0 Å². The summed E-state index contributed by atoms with van der Waals surface area (Å²) < 4.78 is 0.910. The number of carboxylic acid groups (broad SMARTS) is 1. The molecule has 4 nitrogen and oxygen atoms in total. The van der Waals surface area contributed by atoms with E-state index in [4.69, 9.17) is 16.7 Å². The van der Waals surface area contributed by atoms with Crippen molar-refractivity contribution < 1.29 is 9.90 Å². The van der Waals surface area contributed by atoms with Crippen molar-refractivity contribution in [2.75, 3.05) is 5.32 Å². The van der Waals surface area contributed by atoms with Crippen LogP contribution < -0.4 is 5.32 Å². The summed E-state index contributed by atoms with van der Waals surface area (Å²) in [5.74, 6) is -1.02. The van der Waals surface area contributed by atoms with Crippen LogP contribution >= 0.6 is 34.2 Å². The van der Waals surface area contributed by atoms with Gasteiger partial charge >= 0.3 is 5.97 Å². The third-order valence-corrected chi connectivity index (χ3v) is 3.38. The largest absolute Gasteiger partial charge is 0.478 e. The Hall–Kier alpha value is -1.34. The molecule has 0 amide bonds. The number of aromatic carboxylic acids is 1. The van der Waals surface area contributed by atoms with E-state index in [1.165, 1.54) is 12.4 Å². The zero-order chi connectivity index (χ0) is 13.1. The van der Waals surface area contributed by atoms with Gasteiger partial charge in [0.2, 0.25) is 0 Å². The number of anilines is 2. The molecule has 0 aliphatic rings. The lowest BCUT2D eigenvalue weighted by Crippen LogP contribution is -2.03. The summed E-state index contributed by atoms with van der Waals surface area (Å²) in [6, 6.07) is 6.96. The molecule has 18 heavy (non-hydrogen) atoms. The Morgan fingerprint density at radius 3 is 2.78 bits per heavy atom. The Kier molecular flexibility index (Phi) is 4.03. The van der Waals surface area contributed by atoms with Crippen LogP contribution in [-0.4, -0.2) is 16.1 Å².